The summed E-state index contributed by atoms with van der Waals surface area (Å²) in [5.41, 5.74) is 6.00. The van der Waals surface area contributed by atoms with Crippen molar-refractivity contribution in [2.75, 3.05) is 26.3 Å². The summed E-state index contributed by atoms with van der Waals surface area (Å²) in [4.78, 5) is 15.0. The van der Waals surface area contributed by atoms with Crippen LogP contribution in [0.15, 0.2) is 66.7 Å². The molecule has 1 aliphatic heterocycles. The van der Waals surface area contributed by atoms with Crippen LogP contribution in [0.4, 0.5) is 4.79 Å². The van der Waals surface area contributed by atoms with Gasteiger partial charge in [0.1, 0.15) is 6.61 Å². The lowest BCUT2D eigenvalue weighted by molar-refractivity contribution is 0.128. The number of hydrogen-bond acceptors (Lipinski definition) is 5. The number of carbonyl (C=O) groups excluding carboxylic acids is 1. The molecule has 0 bridgehead atoms. The molecule has 0 radical (unpaired) electrons. The van der Waals surface area contributed by atoms with Crippen LogP contribution in [0.1, 0.15) is 42.4 Å². The van der Waals surface area contributed by atoms with Crippen LogP contribution in [-0.4, -0.2) is 48.4 Å². The molecule has 6 heteroatoms. The molecular formula is C29H32N2O4. The molecule has 2 N–H and O–H groups in total. The van der Waals surface area contributed by atoms with Gasteiger partial charge in [0.25, 0.3) is 0 Å². The molecule has 182 valence electrons. The number of fused-ring (bicyclic) bond motifs is 3. The van der Waals surface area contributed by atoms with Crippen LogP contribution in [0.3, 0.4) is 0 Å². The second kappa shape index (κ2) is 10.4. The number of aromatic hydroxyl groups is 1. The Morgan fingerprint density at radius 3 is 2.31 bits per heavy atom. The first-order chi connectivity index (χ1) is 17.1. The zero-order valence-corrected chi connectivity index (χ0v) is 20.1. The molecule has 5 rings (SSSR count). The second-order valence-corrected chi connectivity index (χ2v) is 9.26. The minimum Gasteiger partial charge on any atom is -0.504 e. The van der Waals surface area contributed by atoms with Crippen molar-refractivity contribution < 1.29 is 19.4 Å². The summed E-state index contributed by atoms with van der Waals surface area (Å²) in [7, 11) is 0. The third kappa shape index (κ3) is 5.13. The number of carbonyl (C=O) groups is 1. The van der Waals surface area contributed by atoms with Gasteiger partial charge in [0, 0.05) is 31.6 Å². The molecule has 6 nitrogen and oxygen atoms in total. The molecular weight excluding hydrogens is 440 g/mol. The highest BCUT2D eigenvalue weighted by molar-refractivity contribution is 5.79. The molecule has 0 spiro atoms. The number of nitrogens with zero attached hydrogens (tertiary/aromatic N) is 1. The summed E-state index contributed by atoms with van der Waals surface area (Å²) in [5.74, 6) is 0.764. The summed E-state index contributed by atoms with van der Waals surface area (Å²) < 4.78 is 11.2. The van der Waals surface area contributed by atoms with E-state index in [9.17, 15) is 9.90 Å². The number of amides is 1. The number of phenolic OH excluding ortho intramolecular Hbond substituents is 1. The molecule has 0 unspecified atom stereocenters. The van der Waals surface area contributed by atoms with E-state index >= 15 is 0 Å². The molecule has 3 aromatic carbocycles. The Balaban J connectivity index is 1.11. The van der Waals surface area contributed by atoms with Gasteiger partial charge >= 0.3 is 6.09 Å². The SMILES string of the molecule is CCOc1cc(CN2CCC(NC(=O)OCC3c4ccccc4-c4ccccc43)CC2)ccc1O. The first kappa shape index (κ1) is 23.2. The Morgan fingerprint density at radius 2 is 1.66 bits per heavy atom. The van der Waals surface area contributed by atoms with Crippen LogP contribution < -0.4 is 10.1 Å². The number of hydrogen-bond donors (Lipinski definition) is 2. The maximum absolute atomic E-state index is 12.6. The molecule has 1 amide bonds. The van der Waals surface area contributed by atoms with Gasteiger partial charge in [0.15, 0.2) is 11.5 Å². The third-order valence-electron chi connectivity index (χ3n) is 6.98. The maximum atomic E-state index is 12.6. The normalized spacial score (nSPS) is 15.9. The van der Waals surface area contributed by atoms with Crippen LogP contribution in [-0.2, 0) is 11.3 Å². The summed E-state index contributed by atoms with van der Waals surface area (Å²) in [5, 5.41) is 13.0. The van der Waals surface area contributed by atoms with Crippen molar-refractivity contribution in [2.24, 2.45) is 0 Å². The Bertz CT molecular complexity index is 1140. The van der Waals surface area contributed by atoms with E-state index in [1.165, 1.54) is 22.3 Å². The van der Waals surface area contributed by atoms with Gasteiger partial charge in [-0.3, -0.25) is 4.90 Å². The highest BCUT2D eigenvalue weighted by Crippen LogP contribution is 2.44. The second-order valence-electron chi connectivity index (χ2n) is 9.26. The average Bonchev–Trinajstić information content (AvgIpc) is 3.20. The molecule has 1 fully saturated rings. The fourth-order valence-corrected chi connectivity index (χ4v) is 5.23. The van der Waals surface area contributed by atoms with E-state index in [4.69, 9.17) is 9.47 Å². The van der Waals surface area contributed by atoms with Gasteiger partial charge in [-0.2, -0.15) is 0 Å². The number of alkyl carbamates (subject to hydrolysis) is 1. The van der Waals surface area contributed by atoms with Gasteiger partial charge in [-0.25, -0.2) is 4.79 Å². The maximum Gasteiger partial charge on any atom is 0.407 e. The largest absolute Gasteiger partial charge is 0.504 e. The number of phenols is 1. The number of nitrogens with one attached hydrogen (secondary N) is 1. The predicted molar refractivity (Wildman–Crippen MR) is 136 cm³/mol. The van der Waals surface area contributed by atoms with E-state index < -0.39 is 0 Å². The fourth-order valence-electron chi connectivity index (χ4n) is 5.23. The van der Waals surface area contributed by atoms with Gasteiger partial charge in [-0.1, -0.05) is 54.6 Å². The van der Waals surface area contributed by atoms with E-state index in [0.717, 1.165) is 38.0 Å². The van der Waals surface area contributed by atoms with Crippen LogP contribution >= 0.6 is 0 Å². The smallest absolute Gasteiger partial charge is 0.407 e. The first-order valence-electron chi connectivity index (χ1n) is 12.4. The van der Waals surface area contributed by atoms with Crippen LogP contribution in [0.5, 0.6) is 11.5 Å². The average molecular weight is 473 g/mol. The number of ether oxygens (including phenoxy) is 2. The van der Waals surface area contributed by atoms with Gasteiger partial charge in [-0.15, -0.1) is 0 Å². The molecule has 1 saturated heterocycles. The van der Waals surface area contributed by atoms with Crippen molar-refractivity contribution >= 4 is 6.09 Å². The number of rotatable bonds is 7. The van der Waals surface area contributed by atoms with Gasteiger partial charge in [0.2, 0.25) is 0 Å². The van der Waals surface area contributed by atoms with Crippen molar-refractivity contribution in [3.05, 3.63) is 83.4 Å². The Morgan fingerprint density at radius 1 is 1.00 bits per heavy atom. The van der Waals surface area contributed by atoms with Crippen molar-refractivity contribution in [1.29, 1.82) is 0 Å². The first-order valence-corrected chi connectivity index (χ1v) is 12.4. The van der Waals surface area contributed by atoms with Crippen molar-refractivity contribution in [1.82, 2.24) is 10.2 Å². The Kier molecular flexibility index (Phi) is 6.91. The molecule has 1 aliphatic carbocycles. The van der Waals surface area contributed by atoms with E-state index in [1.54, 1.807) is 6.07 Å². The lowest BCUT2D eigenvalue weighted by Crippen LogP contribution is -2.44. The van der Waals surface area contributed by atoms with E-state index in [1.807, 2.05) is 31.2 Å². The van der Waals surface area contributed by atoms with Gasteiger partial charge in [-0.05, 0) is 59.7 Å². The topological polar surface area (TPSA) is 71.0 Å². The minimum atomic E-state index is -0.342. The molecule has 2 aliphatic rings. The monoisotopic (exact) mass is 472 g/mol. The summed E-state index contributed by atoms with van der Waals surface area (Å²) >= 11 is 0. The fraction of sp³-hybridized carbons (Fsp3) is 0.345. The Labute approximate surface area is 206 Å². The molecule has 0 atom stereocenters. The number of piperidine rings is 1. The zero-order chi connectivity index (χ0) is 24.2. The third-order valence-corrected chi connectivity index (χ3v) is 6.98. The van der Waals surface area contributed by atoms with Crippen molar-refractivity contribution in [3.63, 3.8) is 0 Å². The van der Waals surface area contributed by atoms with Crippen molar-refractivity contribution in [2.45, 2.75) is 38.3 Å². The number of likely N-dealkylation sites (tertiary alicyclic amines) is 1. The molecule has 3 aromatic rings. The van der Waals surface area contributed by atoms with E-state index in [2.05, 4.69) is 46.6 Å². The predicted octanol–water partition coefficient (Wildman–Crippen LogP) is 5.29. The lowest BCUT2D eigenvalue weighted by atomic mass is 9.98. The molecule has 35 heavy (non-hydrogen) atoms. The van der Waals surface area contributed by atoms with E-state index in [-0.39, 0.29) is 23.8 Å². The van der Waals surface area contributed by atoms with Gasteiger partial charge < -0.3 is 19.9 Å². The zero-order valence-electron chi connectivity index (χ0n) is 20.1. The number of benzene rings is 3. The quantitative estimate of drug-likeness (QED) is 0.489. The highest BCUT2D eigenvalue weighted by atomic mass is 16.5. The standard InChI is InChI=1S/C29H32N2O4/c1-2-34-28-17-20(11-12-27(28)32)18-31-15-13-21(14-16-31)30-29(33)35-19-26-24-9-5-3-7-22(24)23-8-4-6-10-25(23)26/h3-12,17,21,26,32H,2,13-16,18-19H2,1H3,(H,30,33). The molecule has 1 heterocycles. The Hall–Kier alpha value is -3.51. The van der Waals surface area contributed by atoms with Crippen LogP contribution in [0, 0.1) is 0 Å². The van der Waals surface area contributed by atoms with Crippen LogP contribution in [0.2, 0.25) is 0 Å². The van der Waals surface area contributed by atoms with Gasteiger partial charge in [0.05, 0.1) is 6.61 Å². The summed E-state index contributed by atoms with van der Waals surface area (Å²) in [6, 6.07) is 22.4. The highest BCUT2D eigenvalue weighted by Gasteiger charge is 2.29. The lowest BCUT2D eigenvalue weighted by Gasteiger charge is -2.32. The minimum absolute atomic E-state index is 0.0712. The van der Waals surface area contributed by atoms with E-state index in [0.29, 0.717) is 19.0 Å². The summed E-state index contributed by atoms with van der Waals surface area (Å²) in [6.45, 7) is 5.32. The van der Waals surface area contributed by atoms with Crippen molar-refractivity contribution in [3.8, 4) is 22.6 Å². The molecule has 0 aromatic heterocycles. The van der Waals surface area contributed by atoms with Crippen LogP contribution in [0.25, 0.3) is 11.1 Å². The summed E-state index contributed by atoms with van der Waals surface area (Å²) in [6.07, 6.45) is 1.41. The molecule has 0 saturated carbocycles.